The quantitative estimate of drug-likeness (QED) is 0.816. The molecular formula is C15H12F3NO5. The summed E-state index contributed by atoms with van der Waals surface area (Å²) >= 11 is 0. The van der Waals surface area contributed by atoms with E-state index in [1.165, 1.54) is 6.26 Å². The SMILES string of the molecule is O=C(COC(=O)c1ccc(OC(F)(F)F)cc1)NCc1ccco1. The Morgan fingerprint density at radius 1 is 1.12 bits per heavy atom. The lowest BCUT2D eigenvalue weighted by molar-refractivity contribution is -0.274. The smallest absolute Gasteiger partial charge is 0.467 e. The number of carbonyl (C=O) groups is 2. The summed E-state index contributed by atoms with van der Waals surface area (Å²) in [5, 5.41) is 2.47. The van der Waals surface area contributed by atoms with Gasteiger partial charge in [0.05, 0.1) is 18.4 Å². The van der Waals surface area contributed by atoms with Crippen LogP contribution >= 0.6 is 0 Å². The average Bonchev–Trinajstić information content (AvgIpc) is 3.03. The van der Waals surface area contributed by atoms with Crippen molar-refractivity contribution in [2.45, 2.75) is 12.9 Å². The Hall–Kier alpha value is -2.97. The molecule has 0 aliphatic heterocycles. The van der Waals surface area contributed by atoms with Gasteiger partial charge < -0.3 is 19.2 Å². The number of hydrogen-bond donors (Lipinski definition) is 1. The molecule has 0 bridgehead atoms. The molecule has 1 aromatic heterocycles. The Balaban J connectivity index is 1.78. The monoisotopic (exact) mass is 343 g/mol. The van der Waals surface area contributed by atoms with E-state index in [0.29, 0.717) is 5.76 Å². The predicted octanol–water partition coefficient (Wildman–Crippen LogP) is 2.65. The second kappa shape index (κ2) is 7.53. The molecule has 0 saturated heterocycles. The molecule has 24 heavy (non-hydrogen) atoms. The van der Waals surface area contributed by atoms with E-state index < -0.39 is 30.6 Å². The number of esters is 1. The van der Waals surface area contributed by atoms with E-state index in [2.05, 4.69) is 10.1 Å². The van der Waals surface area contributed by atoms with Gasteiger partial charge in [-0.25, -0.2) is 4.79 Å². The zero-order chi connectivity index (χ0) is 17.6. The van der Waals surface area contributed by atoms with Crippen LogP contribution in [0.15, 0.2) is 47.1 Å². The van der Waals surface area contributed by atoms with Crippen molar-refractivity contribution in [1.82, 2.24) is 5.32 Å². The molecule has 0 aliphatic rings. The molecule has 1 aromatic carbocycles. The second-order valence-corrected chi connectivity index (χ2v) is 4.50. The number of rotatable bonds is 6. The molecule has 0 unspecified atom stereocenters. The Kier molecular flexibility index (Phi) is 5.46. The number of hydrogen-bond acceptors (Lipinski definition) is 5. The summed E-state index contributed by atoms with van der Waals surface area (Å²) in [6, 6.07) is 7.47. The molecule has 6 nitrogen and oxygen atoms in total. The van der Waals surface area contributed by atoms with Gasteiger partial charge in [0.1, 0.15) is 11.5 Å². The molecule has 2 aromatic rings. The van der Waals surface area contributed by atoms with Gasteiger partial charge in [-0.3, -0.25) is 4.79 Å². The van der Waals surface area contributed by atoms with Crippen LogP contribution in [-0.2, 0) is 16.1 Å². The largest absolute Gasteiger partial charge is 0.573 e. The van der Waals surface area contributed by atoms with Crippen LogP contribution in [0.5, 0.6) is 5.75 Å². The molecule has 0 saturated carbocycles. The van der Waals surface area contributed by atoms with Gasteiger partial charge in [-0.2, -0.15) is 0 Å². The van der Waals surface area contributed by atoms with Crippen LogP contribution in [0.2, 0.25) is 0 Å². The van der Waals surface area contributed by atoms with Gasteiger partial charge >= 0.3 is 12.3 Å². The normalized spacial score (nSPS) is 11.0. The van der Waals surface area contributed by atoms with Crippen molar-refractivity contribution in [3.05, 3.63) is 54.0 Å². The lowest BCUT2D eigenvalue weighted by Gasteiger charge is -2.09. The maximum absolute atomic E-state index is 12.0. The minimum absolute atomic E-state index is 0.0108. The van der Waals surface area contributed by atoms with Crippen molar-refractivity contribution in [3.8, 4) is 5.75 Å². The van der Waals surface area contributed by atoms with Crippen LogP contribution in [0.25, 0.3) is 0 Å². The van der Waals surface area contributed by atoms with E-state index in [1.807, 2.05) is 0 Å². The minimum atomic E-state index is -4.81. The van der Waals surface area contributed by atoms with Crippen LogP contribution in [0, 0.1) is 0 Å². The number of amides is 1. The summed E-state index contributed by atoms with van der Waals surface area (Å²) < 4.78 is 49.5. The molecular weight excluding hydrogens is 331 g/mol. The Morgan fingerprint density at radius 3 is 2.42 bits per heavy atom. The van der Waals surface area contributed by atoms with Gasteiger partial charge in [-0.1, -0.05) is 0 Å². The Morgan fingerprint density at radius 2 is 1.83 bits per heavy atom. The standard InChI is InChI=1S/C15H12F3NO5/c16-15(17,18)24-11-5-3-10(4-6-11)14(21)23-9-13(20)19-8-12-2-1-7-22-12/h1-7H,8-9H2,(H,19,20). The number of ether oxygens (including phenoxy) is 2. The molecule has 0 spiro atoms. The highest BCUT2D eigenvalue weighted by atomic mass is 19.4. The summed E-state index contributed by atoms with van der Waals surface area (Å²) in [5.74, 6) is -1.32. The maximum Gasteiger partial charge on any atom is 0.573 e. The second-order valence-electron chi connectivity index (χ2n) is 4.50. The summed E-state index contributed by atoms with van der Waals surface area (Å²) in [7, 11) is 0. The number of alkyl halides is 3. The van der Waals surface area contributed by atoms with Crippen LogP contribution in [0.3, 0.4) is 0 Å². The minimum Gasteiger partial charge on any atom is -0.467 e. The summed E-state index contributed by atoms with van der Waals surface area (Å²) in [4.78, 5) is 23.2. The third-order valence-electron chi connectivity index (χ3n) is 2.70. The molecule has 0 aliphatic carbocycles. The fourth-order valence-corrected chi connectivity index (χ4v) is 1.66. The van der Waals surface area contributed by atoms with E-state index in [9.17, 15) is 22.8 Å². The topological polar surface area (TPSA) is 77.8 Å². The fraction of sp³-hybridized carbons (Fsp3) is 0.200. The van der Waals surface area contributed by atoms with Gasteiger partial charge in [0.25, 0.3) is 5.91 Å². The Bertz CT molecular complexity index is 680. The van der Waals surface area contributed by atoms with Crippen LogP contribution < -0.4 is 10.1 Å². The van der Waals surface area contributed by atoms with Gasteiger partial charge in [0, 0.05) is 0 Å². The first-order valence-electron chi connectivity index (χ1n) is 6.65. The summed E-state index contributed by atoms with van der Waals surface area (Å²) in [6.07, 6.45) is -3.36. The van der Waals surface area contributed by atoms with Gasteiger partial charge in [-0.15, -0.1) is 13.2 Å². The first kappa shape index (κ1) is 17.4. The van der Waals surface area contributed by atoms with E-state index in [4.69, 9.17) is 9.15 Å². The first-order valence-corrected chi connectivity index (χ1v) is 6.65. The highest BCUT2D eigenvalue weighted by molar-refractivity contribution is 5.91. The number of benzene rings is 1. The molecule has 128 valence electrons. The number of halogens is 3. The fourth-order valence-electron chi connectivity index (χ4n) is 1.66. The van der Waals surface area contributed by atoms with Crippen molar-refractivity contribution in [3.63, 3.8) is 0 Å². The molecule has 0 atom stereocenters. The van der Waals surface area contributed by atoms with Crippen molar-refractivity contribution in [2.24, 2.45) is 0 Å². The van der Waals surface area contributed by atoms with Crippen LogP contribution in [-0.4, -0.2) is 24.8 Å². The number of carbonyl (C=O) groups excluding carboxylic acids is 2. The van der Waals surface area contributed by atoms with Gasteiger partial charge in [0.2, 0.25) is 0 Å². The molecule has 0 radical (unpaired) electrons. The number of furan rings is 1. The third-order valence-corrected chi connectivity index (χ3v) is 2.70. The highest BCUT2D eigenvalue weighted by Gasteiger charge is 2.31. The van der Waals surface area contributed by atoms with Crippen LogP contribution in [0.1, 0.15) is 16.1 Å². The number of nitrogens with one attached hydrogen (secondary N) is 1. The van der Waals surface area contributed by atoms with Crippen molar-refractivity contribution >= 4 is 11.9 Å². The van der Waals surface area contributed by atoms with E-state index in [-0.39, 0.29) is 12.1 Å². The summed E-state index contributed by atoms with van der Waals surface area (Å²) in [5.41, 5.74) is -0.0108. The maximum atomic E-state index is 12.0. The Labute approximate surface area is 134 Å². The van der Waals surface area contributed by atoms with Crippen molar-refractivity contribution < 1.29 is 36.7 Å². The molecule has 9 heteroatoms. The van der Waals surface area contributed by atoms with Gasteiger partial charge in [-0.05, 0) is 36.4 Å². The third kappa shape index (κ3) is 5.67. The first-order chi connectivity index (χ1) is 11.3. The molecule has 1 amide bonds. The molecule has 1 N–H and O–H groups in total. The summed E-state index contributed by atoms with van der Waals surface area (Å²) in [6.45, 7) is -0.382. The average molecular weight is 343 g/mol. The zero-order valence-corrected chi connectivity index (χ0v) is 12.1. The van der Waals surface area contributed by atoms with E-state index >= 15 is 0 Å². The van der Waals surface area contributed by atoms with Crippen LogP contribution in [0.4, 0.5) is 13.2 Å². The predicted molar refractivity (Wildman–Crippen MR) is 74.0 cm³/mol. The molecule has 0 fully saturated rings. The lowest BCUT2D eigenvalue weighted by Crippen LogP contribution is -2.28. The molecule has 1 heterocycles. The lowest BCUT2D eigenvalue weighted by atomic mass is 10.2. The van der Waals surface area contributed by atoms with E-state index in [0.717, 1.165) is 24.3 Å². The molecule has 2 rings (SSSR count). The van der Waals surface area contributed by atoms with E-state index in [1.54, 1.807) is 12.1 Å². The van der Waals surface area contributed by atoms with Gasteiger partial charge in [0.15, 0.2) is 6.61 Å². The zero-order valence-electron chi connectivity index (χ0n) is 12.1. The van der Waals surface area contributed by atoms with Crippen molar-refractivity contribution in [2.75, 3.05) is 6.61 Å². The van der Waals surface area contributed by atoms with Crippen molar-refractivity contribution in [1.29, 1.82) is 0 Å². The highest BCUT2D eigenvalue weighted by Crippen LogP contribution is 2.22.